The second-order valence-electron chi connectivity index (χ2n) is 6.34. The van der Waals surface area contributed by atoms with Gasteiger partial charge in [-0.05, 0) is 56.9 Å². The molecular weight excluding hydrogens is 246 g/mol. The Morgan fingerprint density at radius 2 is 1.95 bits per heavy atom. The number of hydrogen-bond donors (Lipinski definition) is 1. The highest BCUT2D eigenvalue weighted by atomic mass is 15.2. The van der Waals surface area contributed by atoms with Crippen molar-refractivity contribution in [1.29, 1.82) is 0 Å². The molecular formula is C17H27N3. The number of piperazine rings is 1. The standard InChI is InChI=1S/C17H27N3/c1-19-9-11-20(12-10-19)17-7-3-2-6-16(17)13-15-5-4-8-18-14-15/h2-3,6-7,15,18H,4-5,8-14H2,1H3. The van der Waals surface area contributed by atoms with Gasteiger partial charge in [-0.3, -0.25) is 0 Å². The zero-order valence-electron chi connectivity index (χ0n) is 12.6. The molecule has 0 saturated carbocycles. The summed E-state index contributed by atoms with van der Waals surface area (Å²) in [7, 11) is 2.22. The molecule has 1 N–H and O–H groups in total. The van der Waals surface area contributed by atoms with Crippen molar-refractivity contribution in [3.63, 3.8) is 0 Å². The van der Waals surface area contributed by atoms with Gasteiger partial charge in [0.25, 0.3) is 0 Å². The first-order chi connectivity index (χ1) is 9.83. The predicted octanol–water partition coefficient (Wildman–Crippen LogP) is 1.98. The van der Waals surface area contributed by atoms with E-state index in [1.807, 2.05) is 0 Å². The van der Waals surface area contributed by atoms with Gasteiger partial charge in [0, 0.05) is 31.9 Å². The maximum atomic E-state index is 3.54. The molecule has 2 saturated heterocycles. The van der Waals surface area contributed by atoms with Crippen molar-refractivity contribution in [2.24, 2.45) is 5.92 Å². The molecule has 0 amide bonds. The molecule has 2 aliphatic heterocycles. The maximum Gasteiger partial charge on any atom is 0.0399 e. The minimum atomic E-state index is 0.817. The molecule has 2 heterocycles. The van der Waals surface area contributed by atoms with Crippen molar-refractivity contribution in [2.75, 3.05) is 51.2 Å². The van der Waals surface area contributed by atoms with E-state index >= 15 is 0 Å². The molecule has 0 bridgehead atoms. The second kappa shape index (κ2) is 6.59. The van der Waals surface area contributed by atoms with Crippen LogP contribution < -0.4 is 10.2 Å². The van der Waals surface area contributed by atoms with Crippen LogP contribution in [0.5, 0.6) is 0 Å². The Kier molecular flexibility index (Phi) is 4.58. The lowest BCUT2D eigenvalue weighted by atomic mass is 9.91. The van der Waals surface area contributed by atoms with Gasteiger partial charge in [0.2, 0.25) is 0 Å². The van der Waals surface area contributed by atoms with Gasteiger partial charge < -0.3 is 15.1 Å². The third kappa shape index (κ3) is 3.33. The Labute approximate surface area is 123 Å². The van der Waals surface area contributed by atoms with Crippen LogP contribution in [-0.4, -0.2) is 51.2 Å². The van der Waals surface area contributed by atoms with Gasteiger partial charge in [0.15, 0.2) is 0 Å². The number of piperidine rings is 1. The number of likely N-dealkylation sites (N-methyl/N-ethyl adjacent to an activating group) is 1. The van der Waals surface area contributed by atoms with Crippen LogP contribution in [0.2, 0.25) is 0 Å². The fourth-order valence-electron chi connectivity index (χ4n) is 3.45. The van der Waals surface area contributed by atoms with Crippen LogP contribution in [0.15, 0.2) is 24.3 Å². The molecule has 1 aromatic rings. The smallest absolute Gasteiger partial charge is 0.0399 e. The molecule has 0 spiro atoms. The summed E-state index contributed by atoms with van der Waals surface area (Å²) in [5.74, 6) is 0.817. The average molecular weight is 273 g/mol. The van der Waals surface area contributed by atoms with Gasteiger partial charge in [-0.1, -0.05) is 18.2 Å². The number of benzene rings is 1. The molecule has 2 aliphatic rings. The summed E-state index contributed by atoms with van der Waals surface area (Å²) < 4.78 is 0. The van der Waals surface area contributed by atoms with Crippen LogP contribution in [0, 0.1) is 5.92 Å². The summed E-state index contributed by atoms with van der Waals surface area (Å²) in [6.45, 7) is 7.08. The lowest BCUT2D eigenvalue weighted by Crippen LogP contribution is -2.45. The summed E-state index contributed by atoms with van der Waals surface area (Å²) in [6, 6.07) is 9.04. The first-order valence-electron chi connectivity index (χ1n) is 8.05. The average Bonchev–Trinajstić information content (AvgIpc) is 2.50. The van der Waals surface area contributed by atoms with Crippen LogP contribution in [0.3, 0.4) is 0 Å². The maximum absolute atomic E-state index is 3.54. The zero-order valence-corrected chi connectivity index (χ0v) is 12.6. The number of rotatable bonds is 3. The number of hydrogen-bond acceptors (Lipinski definition) is 3. The minimum Gasteiger partial charge on any atom is -0.369 e. The van der Waals surface area contributed by atoms with E-state index in [9.17, 15) is 0 Å². The first-order valence-corrected chi connectivity index (χ1v) is 8.05. The third-order valence-electron chi connectivity index (χ3n) is 4.74. The Balaban J connectivity index is 1.70. The SMILES string of the molecule is CN1CCN(c2ccccc2CC2CCCNC2)CC1. The topological polar surface area (TPSA) is 18.5 Å². The van der Waals surface area contributed by atoms with Crippen molar-refractivity contribution in [2.45, 2.75) is 19.3 Å². The largest absolute Gasteiger partial charge is 0.369 e. The number of anilines is 1. The van der Waals surface area contributed by atoms with E-state index in [4.69, 9.17) is 0 Å². The number of nitrogens with one attached hydrogen (secondary N) is 1. The molecule has 0 aliphatic carbocycles. The fourth-order valence-corrected chi connectivity index (χ4v) is 3.45. The molecule has 1 unspecified atom stereocenters. The number of para-hydroxylation sites is 1. The third-order valence-corrected chi connectivity index (χ3v) is 4.74. The normalized spacial score (nSPS) is 24.9. The predicted molar refractivity (Wildman–Crippen MR) is 85.4 cm³/mol. The first kappa shape index (κ1) is 13.9. The lowest BCUT2D eigenvalue weighted by molar-refractivity contribution is 0.312. The van der Waals surface area contributed by atoms with E-state index in [1.165, 1.54) is 51.1 Å². The summed E-state index contributed by atoms with van der Waals surface area (Å²) in [5, 5.41) is 3.54. The summed E-state index contributed by atoms with van der Waals surface area (Å²) in [6.07, 6.45) is 3.95. The highest BCUT2D eigenvalue weighted by Crippen LogP contribution is 2.26. The Morgan fingerprint density at radius 1 is 1.15 bits per heavy atom. The van der Waals surface area contributed by atoms with Gasteiger partial charge >= 0.3 is 0 Å². The summed E-state index contributed by atoms with van der Waals surface area (Å²) in [4.78, 5) is 5.00. The highest BCUT2D eigenvalue weighted by Gasteiger charge is 2.19. The highest BCUT2D eigenvalue weighted by molar-refractivity contribution is 5.54. The molecule has 110 valence electrons. The van der Waals surface area contributed by atoms with Crippen molar-refractivity contribution in [3.05, 3.63) is 29.8 Å². The van der Waals surface area contributed by atoms with Crippen molar-refractivity contribution >= 4 is 5.69 Å². The Hall–Kier alpha value is -1.06. The fraction of sp³-hybridized carbons (Fsp3) is 0.647. The zero-order chi connectivity index (χ0) is 13.8. The van der Waals surface area contributed by atoms with Crippen LogP contribution >= 0.6 is 0 Å². The van der Waals surface area contributed by atoms with Gasteiger partial charge in [-0.15, -0.1) is 0 Å². The molecule has 0 radical (unpaired) electrons. The Bertz CT molecular complexity index is 418. The van der Waals surface area contributed by atoms with Gasteiger partial charge in [-0.2, -0.15) is 0 Å². The van der Waals surface area contributed by atoms with E-state index in [0.29, 0.717) is 0 Å². The molecule has 3 rings (SSSR count). The number of nitrogens with zero attached hydrogens (tertiary/aromatic N) is 2. The van der Waals surface area contributed by atoms with Crippen molar-refractivity contribution in [3.8, 4) is 0 Å². The Morgan fingerprint density at radius 3 is 2.70 bits per heavy atom. The summed E-state index contributed by atoms with van der Waals surface area (Å²) in [5.41, 5.74) is 3.02. The van der Waals surface area contributed by atoms with Crippen LogP contribution in [0.1, 0.15) is 18.4 Å². The molecule has 3 heteroatoms. The lowest BCUT2D eigenvalue weighted by Gasteiger charge is -2.35. The second-order valence-corrected chi connectivity index (χ2v) is 6.34. The minimum absolute atomic E-state index is 0.817. The van der Waals surface area contributed by atoms with E-state index in [0.717, 1.165) is 19.0 Å². The van der Waals surface area contributed by atoms with Crippen LogP contribution in [0.4, 0.5) is 5.69 Å². The molecule has 2 fully saturated rings. The van der Waals surface area contributed by atoms with Crippen LogP contribution in [0.25, 0.3) is 0 Å². The van der Waals surface area contributed by atoms with Gasteiger partial charge in [0.05, 0.1) is 0 Å². The monoisotopic (exact) mass is 273 g/mol. The van der Waals surface area contributed by atoms with E-state index in [2.05, 4.69) is 46.4 Å². The van der Waals surface area contributed by atoms with Crippen molar-refractivity contribution in [1.82, 2.24) is 10.2 Å². The molecule has 0 aromatic heterocycles. The van der Waals surface area contributed by atoms with Crippen LogP contribution in [-0.2, 0) is 6.42 Å². The molecule has 1 aromatic carbocycles. The molecule has 20 heavy (non-hydrogen) atoms. The van der Waals surface area contributed by atoms with E-state index in [1.54, 1.807) is 5.56 Å². The van der Waals surface area contributed by atoms with Gasteiger partial charge in [-0.25, -0.2) is 0 Å². The van der Waals surface area contributed by atoms with Crippen molar-refractivity contribution < 1.29 is 0 Å². The van der Waals surface area contributed by atoms with E-state index < -0.39 is 0 Å². The quantitative estimate of drug-likeness (QED) is 0.908. The summed E-state index contributed by atoms with van der Waals surface area (Å²) >= 11 is 0. The molecule has 3 nitrogen and oxygen atoms in total. The van der Waals surface area contributed by atoms with Gasteiger partial charge in [0.1, 0.15) is 0 Å². The molecule has 1 atom stereocenters. The van der Waals surface area contributed by atoms with E-state index in [-0.39, 0.29) is 0 Å².